The van der Waals surface area contributed by atoms with Gasteiger partial charge in [0, 0.05) is 41.4 Å². The Kier molecular flexibility index (Phi) is 3.40. The SMILES string of the molecule is NC#CCN1CCS(=O)CC1. The normalized spacial score (nSPS) is 20.7. The maximum absolute atomic E-state index is 10.9. The van der Waals surface area contributed by atoms with Gasteiger partial charge in [-0.25, -0.2) is 0 Å². The van der Waals surface area contributed by atoms with Crippen LogP contribution in [0.1, 0.15) is 0 Å². The van der Waals surface area contributed by atoms with Crippen LogP contribution in [0.25, 0.3) is 0 Å². The Bertz CT molecular complexity index is 196. The Balaban J connectivity index is 2.26. The summed E-state index contributed by atoms with van der Waals surface area (Å²) >= 11 is 0. The second kappa shape index (κ2) is 4.37. The maximum atomic E-state index is 10.9. The molecule has 0 radical (unpaired) electrons. The third kappa shape index (κ3) is 2.91. The molecule has 1 fully saturated rings. The Morgan fingerprint density at radius 2 is 2.09 bits per heavy atom. The van der Waals surface area contributed by atoms with E-state index in [2.05, 4.69) is 16.9 Å². The van der Waals surface area contributed by atoms with Gasteiger partial charge in [-0.05, 0) is 0 Å². The van der Waals surface area contributed by atoms with Crippen molar-refractivity contribution in [3.63, 3.8) is 0 Å². The summed E-state index contributed by atoms with van der Waals surface area (Å²) in [6.45, 7) is 2.50. The molecule has 4 heteroatoms. The zero-order valence-electron chi connectivity index (χ0n) is 6.38. The van der Waals surface area contributed by atoms with Crippen LogP contribution in [0.5, 0.6) is 0 Å². The molecule has 1 rings (SSSR count). The van der Waals surface area contributed by atoms with Gasteiger partial charge in [0.2, 0.25) is 0 Å². The third-order valence-corrected chi connectivity index (χ3v) is 2.95. The minimum absolute atomic E-state index is 0.588. The predicted octanol–water partition coefficient (Wildman–Crippen LogP) is -1.03. The molecule has 1 saturated heterocycles. The molecule has 1 aliphatic rings. The molecule has 2 N–H and O–H groups in total. The molecule has 0 atom stereocenters. The second-order valence-electron chi connectivity index (χ2n) is 2.45. The van der Waals surface area contributed by atoms with Crippen LogP contribution in [-0.2, 0) is 10.8 Å². The lowest BCUT2D eigenvalue weighted by Gasteiger charge is -2.23. The third-order valence-electron chi connectivity index (χ3n) is 1.68. The van der Waals surface area contributed by atoms with E-state index >= 15 is 0 Å². The standard InChI is InChI=1S/C7H12N2OS/c8-2-1-3-9-4-6-11(10)7-5-9/h3-8H2. The highest BCUT2D eigenvalue weighted by Crippen LogP contribution is 1.97. The minimum atomic E-state index is -0.588. The molecule has 1 heterocycles. The van der Waals surface area contributed by atoms with Crippen LogP contribution in [0.4, 0.5) is 0 Å². The molecule has 0 aromatic heterocycles. The monoisotopic (exact) mass is 172 g/mol. The summed E-state index contributed by atoms with van der Waals surface area (Å²) in [5.41, 5.74) is 5.03. The molecule has 11 heavy (non-hydrogen) atoms. The van der Waals surface area contributed by atoms with E-state index in [1.54, 1.807) is 0 Å². The van der Waals surface area contributed by atoms with E-state index in [9.17, 15) is 4.21 Å². The molecule has 0 saturated carbocycles. The molecular weight excluding hydrogens is 160 g/mol. The quantitative estimate of drug-likeness (QED) is 0.406. The van der Waals surface area contributed by atoms with Crippen molar-refractivity contribution in [2.45, 2.75) is 0 Å². The Morgan fingerprint density at radius 3 is 2.64 bits per heavy atom. The largest absolute Gasteiger partial charge is 0.359 e. The fourth-order valence-electron chi connectivity index (χ4n) is 0.991. The molecule has 0 bridgehead atoms. The Morgan fingerprint density at radius 1 is 1.45 bits per heavy atom. The van der Waals surface area contributed by atoms with Crippen LogP contribution < -0.4 is 5.73 Å². The first-order chi connectivity index (χ1) is 5.33. The number of hydrogen-bond donors (Lipinski definition) is 1. The first-order valence-corrected chi connectivity index (χ1v) is 5.07. The lowest BCUT2D eigenvalue weighted by molar-refractivity contribution is 0.337. The zero-order chi connectivity index (χ0) is 8.10. The van der Waals surface area contributed by atoms with Crippen molar-refractivity contribution in [2.24, 2.45) is 5.73 Å². The van der Waals surface area contributed by atoms with E-state index in [0.29, 0.717) is 6.54 Å². The summed E-state index contributed by atoms with van der Waals surface area (Å²) in [5.74, 6) is 4.36. The van der Waals surface area contributed by atoms with E-state index in [1.165, 1.54) is 0 Å². The van der Waals surface area contributed by atoms with E-state index in [1.807, 2.05) is 0 Å². The van der Waals surface area contributed by atoms with Crippen LogP contribution in [-0.4, -0.2) is 40.2 Å². The fourth-order valence-corrected chi connectivity index (χ4v) is 2.12. The van der Waals surface area contributed by atoms with Gasteiger partial charge in [0.05, 0.1) is 6.54 Å². The molecule has 0 aliphatic carbocycles. The molecule has 0 spiro atoms. The Hall–Kier alpha value is -0.530. The van der Waals surface area contributed by atoms with Crippen molar-refractivity contribution in [3.05, 3.63) is 0 Å². The van der Waals surface area contributed by atoms with Gasteiger partial charge in [0.15, 0.2) is 0 Å². The maximum Gasteiger partial charge on any atom is 0.0620 e. The molecule has 62 valence electrons. The fraction of sp³-hybridized carbons (Fsp3) is 0.714. The number of nitrogens with zero attached hydrogens (tertiary/aromatic N) is 1. The van der Waals surface area contributed by atoms with E-state index in [-0.39, 0.29) is 0 Å². The number of hydrogen-bond acceptors (Lipinski definition) is 3. The van der Waals surface area contributed by atoms with Crippen LogP contribution in [0, 0.1) is 12.0 Å². The van der Waals surface area contributed by atoms with Crippen molar-refractivity contribution in [3.8, 4) is 12.0 Å². The van der Waals surface area contributed by atoms with Gasteiger partial charge < -0.3 is 5.73 Å². The van der Waals surface area contributed by atoms with Gasteiger partial charge in [0.1, 0.15) is 0 Å². The number of nitrogens with two attached hydrogens (primary N) is 1. The predicted molar refractivity (Wildman–Crippen MR) is 46.3 cm³/mol. The van der Waals surface area contributed by atoms with Crippen molar-refractivity contribution >= 4 is 10.8 Å². The molecule has 0 amide bonds. The molecule has 0 unspecified atom stereocenters. The number of rotatable bonds is 1. The lowest BCUT2D eigenvalue weighted by Crippen LogP contribution is -2.37. The summed E-state index contributed by atoms with van der Waals surface area (Å²) in [6, 6.07) is 2.36. The highest BCUT2D eigenvalue weighted by molar-refractivity contribution is 7.85. The Labute approximate surface area is 69.4 Å². The summed E-state index contributed by atoms with van der Waals surface area (Å²) < 4.78 is 10.9. The van der Waals surface area contributed by atoms with Crippen LogP contribution in [0.15, 0.2) is 0 Å². The van der Waals surface area contributed by atoms with E-state index in [0.717, 1.165) is 24.6 Å². The summed E-state index contributed by atoms with van der Waals surface area (Å²) in [7, 11) is -0.588. The highest BCUT2D eigenvalue weighted by Gasteiger charge is 2.13. The van der Waals surface area contributed by atoms with Crippen molar-refractivity contribution in [2.75, 3.05) is 31.1 Å². The van der Waals surface area contributed by atoms with Gasteiger partial charge >= 0.3 is 0 Å². The van der Waals surface area contributed by atoms with Crippen LogP contribution in [0.3, 0.4) is 0 Å². The summed E-state index contributed by atoms with van der Waals surface area (Å²) in [6.07, 6.45) is 0. The molecule has 0 aromatic rings. The van der Waals surface area contributed by atoms with Gasteiger partial charge in [0.25, 0.3) is 0 Å². The van der Waals surface area contributed by atoms with Crippen LogP contribution >= 0.6 is 0 Å². The van der Waals surface area contributed by atoms with E-state index < -0.39 is 10.8 Å². The lowest BCUT2D eigenvalue weighted by atomic mass is 10.5. The zero-order valence-corrected chi connectivity index (χ0v) is 7.19. The van der Waals surface area contributed by atoms with Gasteiger partial charge in [-0.15, -0.1) is 0 Å². The molecule has 0 aromatic carbocycles. The average molecular weight is 172 g/mol. The van der Waals surface area contributed by atoms with Crippen molar-refractivity contribution < 1.29 is 4.21 Å². The van der Waals surface area contributed by atoms with Gasteiger partial charge in [-0.1, -0.05) is 5.92 Å². The highest BCUT2D eigenvalue weighted by atomic mass is 32.2. The first-order valence-electron chi connectivity index (χ1n) is 3.58. The smallest absolute Gasteiger partial charge is 0.0620 e. The van der Waals surface area contributed by atoms with Gasteiger partial charge in [-0.3, -0.25) is 9.11 Å². The van der Waals surface area contributed by atoms with Crippen LogP contribution in [0.2, 0.25) is 0 Å². The minimum Gasteiger partial charge on any atom is -0.359 e. The first kappa shape index (κ1) is 8.57. The summed E-state index contributed by atoms with van der Waals surface area (Å²) in [4.78, 5) is 2.17. The van der Waals surface area contributed by atoms with Crippen molar-refractivity contribution in [1.29, 1.82) is 0 Å². The summed E-state index contributed by atoms with van der Waals surface area (Å²) in [5, 5.41) is 0. The topological polar surface area (TPSA) is 46.3 Å². The molecule has 1 aliphatic heterocycles. The molecule has 3 nitrogen and oxygen atoms in total. The second-order valence-corrected chi connectivity index (χ2v) is 4.14. The molecular formula is C7H12N2OS. The van der Waals surface area contributed by atoms with Gasteiger partial charge in [-0.2, -0.15) is 0 Å². The van der Waals surface area contributed by atoms with Crippen molar-refractivity contribution in [1.82, 2.24) is 4.90 Å². The average Bonchev–Trinajstić information content (AvgIpc) is 2.04. The van der Waals surface area contributed by atoms with E-state index in [4.69, 9.17) is 5.73 Å².